The third kappa shape index (κ3) is 3.60. The molecule has 1 aromatic carbocycles. The Kier molecular flexibility index (Phi) is 5.62. The average Bonchev–Trinajstić information content (AvgIpc) is 3.31. The van der Waals surface area contributed by atoms with Gasteiger partial charge >= 0.3 is 11.7 Å². The van der Waals surface area contributed by atoms with Gasteiger partial charge in [0.15, 0.2) is 5.56 Å². The Labute approximate surface area is 160 Å². The summed E-state index contributed by atoms with van der Waals surface area (Å²) in [4.78, 5) is 26.0. The summed E-state index contributed by atoms with van der Waals surface area (Å²) >= 11 is 1.20. The van der Waals surface area contributed by atoms with Crippen molar-refractivity contribution in [1.82, 2.24) is 0 Å². The predicted octanol–water partition coefficient (Wildman–Crippen LogP) is 2.94. The van der Waals surface area contributed by atoms with E-state index in [0.717, 1.165) is 6.42 Å². The van der Waals surface area contributed by atoms with Crippen molar-refractivity contribution in [2.24, 2.45) is 5.92 Å². The van der Waals surface area contributed by atoms with Gasteiger partial charge in [0.05, 0.1) is 19.1 Å². The zero-order valence-corrected chi connectivity index (χ0v) is 15.8. The number of ether oxygens (including phenoxy) is 2. The van der Waals surface area contributed by atoms with Gasteiger partial charge in [0.1, 0.15) is 15.6 Å². The smallest absolute Gasteiger partial charge is 0.347 e. The van der Waals surface area contributed by atoms with Crippen molar-refractivity contribution in [3.05, 3.63) is 39.9 Å². The van der Waals surface area contributed by atoms with E-state index >= 15 is 0 Å². The molecule has 1 aliphatic rings. The molecule has 1 aromatic heterocycles. The molecule has 2 aromatic rings. The Morgan fingerprint density at radius 2 is 2.07 bits per heavy atom. The first-order valence-electron chi connectivity index (χ1n) is 8.39. The molecular weight excluding hydrogens is 372 g/mol. The summed E-state index contributed by atoms with van der Waals surface area (Å²) in [6.45, 7) is 1.21. The van der Waals surface area contributed by atoms with Crippen molar-refractivity contribution in [3.63, 3.8) is 0 Å². The molecule has 0 aliphatic carbocycles. The number of nitro groups is 1. The molecule has 0 unspecified atom stereocenters. The standard InChI is InChI=1S/C18H20N2O6S/c1-25-13-5-3-12(4-6-13)16-15(20(23)24)14(18(22)26-2)17(27-16)19-8-7-11(9-19)10-21/h3-6,11,21H,7-10H2,1-2H3/t11-/m0/s1. The average molecular weight is 392 g/mol. The Balaban J connectivity index is 2.15. The van der Waals surface area contributed by atoms with Gasteiger partial charge in [0.25, 0.3) is 0 Å². The van der Waals surface area contributed by atoms with E-state index in [1.165, 1.54) is 18.4 Å². The van der Waals surface area contributed by atoms with Gasteiger partial charge < -0.3 is 19.5 Å². The molecule has 0 amide bonds. The number of anilines is 1. The number of thiophene rings is 1. The van der Waals surface area contributed by atoms with E-state index < -0.39 is 10.9 Å². The van der Waals surface area contributed by atoms with Crippen molar-refractivity contribution in [1.29, 1.82) is 0 Å². The normalized spacial score (nSPS) is 16.4. The molecule has 0 radical (unpaired) electrons. The van der Waals surface area contributed by atoms with Crippen LogP contribution in [0.4, 0.5) is 10.7 Å². The fourth-order valence-corrected chi connectivity index (χ4v) is 4.50. The maximum absolute atomic E-state index is 12.4. The molecule has 1 saturated heterocycles. The van der Waals surface area contributed by atoms with E-state index in [1.807, 2.05) is 4.90 Å². The lowest BCUT2D eigenvalue weighted by molar-refractivity contribution is -0.384. The van der Waals surface area contributed by atoms with Gasteiger partial charge in [0.2, 0.25) is 0 Å². The minimum atomic E-state index is -0.736. The van der Waals surface area contributed by atoms with Crippen molar-refractivity contribution >= 4 is 28.0 Å². The molecule has 9 heteroatoms. The van der Waals surface area contributed by atoms with E-state index in [1.54, 1.807) is 31.4 Å². The highest BCUT2D eigenvalue weighted by atomic mass is 32.1. The molecule has 0 saturated carbocycles. The highest BCUT2D eigenvalue weighted by molar-refractivity contribution is 7.20. The number of rotatable bonds is 6. The first kappa shape index (κ1) is 19.1. The molecule has 27 heavy (non-hydrogen) atoms. The minimum absolute atomic E-state index is 0.0306. The molecule has 1 aliphatic heterocycles. The van der Waals surface area contributed by atoms with Crippen LogP contribution in [0, 0.1) is 16.0 Å². The topological polar surface area (TPSA) is 102 Å². The zero-order chi connectivity index (χ0) is 19.6. The number of methoxy groups -OCH3 is 2. The second-order valence-electron chi connectivity index (χ2n) is 6.22. The number of nitrogens with zero attached hydrogens (tertiary/aromatic N) is 2. The zero-order valence-electron chi connectivity index (χ0n) is 15.0. The predicted molar refractivity (Wildman–Crippen MR) is 102 cm³/mol. The number of carbonyl (C=O) groups excluding carboxylic acids is 1. The van der Waals surface area contributed by atoms with Crippen LogP contribution in [0.15, 0.2) is 24.3 Å². The molecule has 1 fully saturated rings. The molecule has 8 nitrogen and oxygen atoms in total. The summed E-state index contributed by atoms with van der Waals surface area (Å²) in [7, 11) is 2.75. The number of esters is 1. The van der Waals surface area contributed by atoms with E-state index in [-0.39, 0.29) is 23.8 Å². The van der Waals surface area contributed by atoms with Crippen LogP contribution < -0.4 is 9.64 Å². The lowest BCUT2D eigenvalue weighted by Crippen LogP contribution is -2.22. The number of hydrogen-bond donors (Lipinski definition) is 1. The van der Waals surface area contributed by atoms with Crippen LogP contribution in [0.3, 0.4) is 0 Å². The molecule has 1 atom stereocenters. The first-order chi connectivity index (χ1) is 13.0. The van der Waals surface area contributed by atoms with Crippen molar-refractivity contribution in [2.75, 3.05) is 38.8 Å². The first-order valence-corrected chi connectivity index (χ1v) is 9.21. The number of benzene rings is 1. The van der Waals surface area contributed by atoms with Crippen LogP contribution >= 0.6 is 11.3 Å². The van der Waals surface area contributed by atoms with Crippen LogP contribution in [0.5, 0.6) is 5.75 Å². The van der Waals surface area contributed by atoms with Crippen LogP contribution in [0.1, 0.15) is 16.8 Å². The number of aliphatic hydroxyl groups excluding tert-OH is 1. The van der Waals surface area contributed by atoms with Gasteiger partial charge in [-0.2, -0.15) is 0 Å². The second kappa shape index (κ2) is 7.93. The fourth-order valence-electron chi connectivity index (χ4n) is 3.20. The van der Waals surface area contributed by atoms with E-state index in [2.05, 4.69) is 0 Å². The monoisotopic (exact) mass is 392 g/mol. The summed E-state index contributed by atoms with van der Waals surface area (Å²) < 4.78 is 9.97. The summed E-state index contributed by atoms with van der Waals surface area (Å²) in [5.74, 6) is -0.0158. The molecule has 2 heterocycles. The summed E-state index contributed by atoms with van der Waals surface area (Å²) in [5.41, 5.74) is 0.346. The maximum Gasteiger partial charge on any atom is 0.347 e. The Morgan fingerprint density at radius 1 is 1.37 bits per heavy atom. The Bertz CT molecular complexity index is 848. The third-order valence-electron chi connectivity index (χ3n) is 4.62. The molecule has 1 N–H and O–H groups in total. The second-order valence-corrected chi connectivity index (χ2v) is 7.22. The maximum atomic E-state index is 12.4. The van der Waals surface area contributed by atoms with Gasteiger partial charge in [-0.25, -0.2) is 4.79 Å². The van der Waals surface area contributed by atoms with Gasteiger partial charge in [-0.3, -0.25) is 10.1 Å². The third-order valence-corrected chi connectivity index (χ3v) is 5.91. The summed E-state index contributed by atoms with van der Waals surface area (Å²) in [5, 5.41) is 21.7. The van der Waals surface area contributed by atoms with Crippen LogP contribution in [-0.4, -0.2) is 49.9 Å². The van der Waals surface area contributed by atoms with Gasteiger partial charge in [-0.1, -0.05) is 0 Å². The molecule has 3 rings (SSSR count). The van der Waals surface area contributed by atoms with E-state index in [4.69, 9.17) is 9.47 Å². The highest BCUT2D eigenvalue weighted by Crippen LogP contribution is 2.48. The van der Waals surface area contributed by atoms with Gasteiger partial charge in [-0.15, -0.1) is 11.3 Å². The minimum Gasteiger partial charge on any atom is -0.497 e. The summed E-state index contributed by atoms with van der Waals surface area (Å²) in [6.07, 6.45) is 0.765. The highest BCUT2D eigenvalue weighted by Gasteiger charge is 2.37. The lowest BCUT2D eigenvalue weighted by atomic mass is 10.1. The molecule has 0 spiro atoms. The summed E-state index contributed by atoms with van der Waals surface area (Å²) in [6, 6.07) is 6.88. The largest absolute Gasteiger partial charge is 0.497 e. The van der Waals surface area contributed by atoms with Crippen LogP contribution in [0.2, 0.25) is 0 Å². The Hall–Kier alpha value is -2.65. The van der Waals surface area contributed by atoms with Crippen LogP contribution in [0.25, 0.3) is 10.4 Å². The van der Waals surface area contributed by atoms with E-state index in [0.29, 0.717) is 34.3 Å². The molecule has 0 bridgehead atoms. The van der Waals surface area contributed by atoms with Gasteiger partial charge in [0, 0.05) is 25.6 Å². The quantitative estimate of drug-likeness (QED) is 0.458. The fraction of sp³-hybridized carbons (Fsp3) is 0.389. The van der Waals surface area contributed by atoms with Crippen molar-refractivity contribution < 1.29 is 24.3 Å². The lowest BCUT2D eigenvalue weighted by Gasteiger charge is -2.17. The van der Waals surface area contributed by atoms with Gasteiger partial charge in [-0.05, 0) is 36.2 Å². The Morgan fingerprint density at radius 3 is 2.59 bits per heavy atom. The molecular formula is C18H20N2O6S. The SMILES string of the molecule is COC(=O)c1c(N2CC[C@H](CO)C2)sc(-c2ccc(OC)cc2)c1[N+](=O)[O-]. The van der Waals surface area contributed by atoms with Crippen LogP contribution in [-0.2, 0) is 4.74 Å². The number of aliphatic hydroxyl groups is 1. The number of hydrogen-bond acceptors (Lipinski definition) is 8. The number of carbonyl (C=O) groups is 1. The van der Waals surface area contributed by atoms with Crippen molar-refractivity contribution in [3.8, 4) is 16.2 Å². The molecule has 144 valence electrons. The van der Waals surface area contributed by atoms with E-state index in [9.17, 15) is 20.0 Å². The van der Waals surface area contributed by atoms with Crippen molar-refractivity contribution in [2.45, 2.75) is 6.42 Å².